The van der Waals surface area contributed by atoms with E-state index >= 15 is 0 Å². The standard InChI is InChI=1S/C37H71NO5.C2H6O.2C2H6.CH3NO/c1-4-7-10-12-14-16-18-20-22-24-26-29-36(40)42-33-31-38(35(39)28-9-6-3)32-34-43-37(41)30-27-25-23-21-19-17-15-13-11-8-5-2;1-2-3;2*1-2;2-1-3/h4-34H2,1-3H3;3H,2H2,1H3;2*1-2H3;1H,(H2,2,3). The van der Waals surface area contributed by atoms with Crippen molar-refractivity contribution in [3.05, 3.63) is 0 Å². The summed E-state index contributed by atoms with van der Waals surface area (Å²) in [6.45, 7) is 17.6. The molecule has 0 aromatic heterocycles. The third kappa shape index (κ3) is 59.3. The number of nitrogens with two attached hydrogens (primary N) is 1. The first kappa shape index (κ1) is 60.1. The molecule has 0 aromatic carbocycles. The number of ether oxygens (including phenoxy) is 2. The summed E-state index contributed by atoms with van der Waals surface area (Å²) in [5, 5.41) is 7.57. The number of nitrogens with zero attached hydrogens (tertiary/aromatic N) is 1. The van der Waals surface area contributed by atoms with E-state index in [4.69, 9.17) is 19.4 Å². The summed E-state index contributed by atoms with van der Waals surface area (Å²) in [5.41, 5.74) is 4.17. The molecule has 2 amide bonds. The topological polar surface area (TPSA) is 136 Å². The average Bonchev–Trinajstić information content (AvgIpc) is 3.16. The van der Waals surface area contributed by atoms with Gasteiger partial charge in [-0.05, 0) is 26.2 Å². The van der Waals surface area contributed by atoms with Crippen LogP contribution in [-0.4, -0.2) is 67.2 Å². The molecule has 0 aliphatic carbocycles. The number of rotatable bonds is 33. The Morgan fingerprint density at radius 2 is 0.736 bits per heavy atom. The summed E-state index contributed by atoms with van der Waals surface area (Å²) in [4.78, 5) is 47.3. The summed E-state index contributed by atoms with van der Waals surface area (Å²) in [6.07, 6.45) is 30.9. The summed E-state index contributed by atoms with van der Waals surface area (Å²) in [7, 11) is 0. The second kappa shape index (κ2) is 59.1. The van der Waals surface area contributed by atoms with Crippen LogP contribution in [0.15, 0.2) is 0 Å². The van der Waals surface area contributed by atoms with Crippen molar-refractivity contribution in [1.82, 2.24) is 4.90 Å². The molecular formula is C44H92N2O7. The van der Waals surface area contributed by atoms with Crippen molar-refractivity contribution in [1.29, 1.82) is 0 Å². The van der Waals surface area contributed by atoms with E-state index in [9.17, 15) is 14.4 Å². The molecule has 0 saturated carbocycles. The molecule has 0 fully saturated rings. The lowest BCUT2D eigenvalue weighted by Crippen LogP contribution is -2.37. The number of carbonyl (C=O) groups excluding carboxylic acids is 4. The number of unbranched alkanes of at least 4 members (excludes halogenated alkanes) is 21. The van der Waals surface area contributed by atoms with Gasteiger partial charge in [-0.1, -0.05) is 183 Å². The zero-order chi connectivity index (χ0) is 41.1. The van der Waals surface area contributed by atoms with Gasteiger partial charge in [0.15, 0.2) is 0 Å². The number of esters is 2. The second-order valence-electron chi connectivity index (χ2n) is 12.9. The van der Waals surface area contributed by atoms with Crippen molar-refractivity contribution in [2.75, 3.05) is 32.9 Å². The molecule has 9 nitrogen and oxygen atoms in total. The maximum absolute atomic E-state index is 12.7. The molecule has 0 radical (unpaired) electrons. The van der Waals surface area contributed by atoms with Gasteiger partial charge < -0.3 is 25.2 Å². The first-order valence-electron chi connectivity index (χ1n) is 22.2. The average molecular weight is 761 g/mol. The van der Waals surface area contributed by atoms with Crippen LogP contribution in [0.3, 0.4) is 0 Å². The van der Waals surface area contributed by atoms with Gasteiger partial charge in [0.25, 0.3) is 0 Å². The fourth-order valence-corrected chi connectivity index (χ4v) is 5.40. The molecule has 0 bridgehead atoms. The SMILES string of the molecule is CC.CC.CCCCCCCCCCCCCC(=O)OCCN(CCOC(=O)CCCCCCCCCCCCC)C(=O)CCCC.CCO.NC=O. The van der Waals surface area contributed by atoms with Crippen molar-refractivity contribution in [3.8, 4) is 0 Å². The van der Waals surface area contributed by atoms with Gasteiger partial charge in [-0.25, -0.2) is 0 Å². The molecule has 320 valence electrons. The van der Waals surface area contributed by atoms with Crippen LogP contribution < -0.4 is 5.73 Å². The van der Waals surface area contributed by atoms with Crippen molar-refractivity contribution < 1.29 is 33.8 Å². The van der Waals surface area contributed by atoms with Gasteiger partial charge in [0, 0.05) is 25.9 Å². The smallest absolute Gasteiger partial charge is 0.305 e. The Bertz CT molecular complexity index is 663. The fraction of sp³-hybridized carbons (Fsp3) is 0.909. The third-order valence-electron chi connectivity index (χ3n) is 8.31. The Labute approximate surface area is 329 Å². The zero-order valence-corrected chi connectivity index (χ0v) is 36.6. The summed E-state index contributed by atoms with van der Waals surface area (Å²) in [5.74, 6) is -0.338. The van der Waals surface area contributed by atoms with E-state index in [1.54, 1.807) is 11.8 Å². The van der Waals surface area contributed by atoms with Gasteiger partial charge in [-0.3, -0.25) is 19.2 Å². The number of primary amides is 1. The summed E-state index contributed by atoms with van der Waals surface area (Å²) in [6, 6.07) is 0. The highest BCUT2D eigenvalue weighted by Gasteiger charge is 2.15. The minimum Gasteiger partial charge on any atom is -0.464 e. The van der Waals surface area contributed by atoms with Crippen molar-refractivity contribution in [2.45, 2.75) is 229 Å². The highest BCUT2D eigenvalue weighted by atomic mass is 16.5. The minimum atomic E-state index is -0.185. The molecule has 0 heterocycles. The van der Waals surface area contributed by atoms with Crippen molar-refractivity contribution in [3.63, 3.8) is 0 Å². The van der Waals surface area contributed by atoms with Crippen LogP contribution in [0.5, 0.6) is 0 Å². The Balaban J connectivity index is -0.000000691. The summed E-state index contributed by atoms with van der Waals surface area (Å²) >= 11 is 0. The fourth-order valence-electron chi connectivity index (χ4n) is 5.40. The largest absolute Gasteiger partial charge is 0.464 e. The second-order valence-corrected chi connectivity index (χ2v) is 12.9. The molecule has 53 heavy (non-hydrogen) atoms. The Kier molecular flexibility index (Phi) is 67.0. The van der Waals surface area contributed by atoms with Gasteiger partial charge in [-0.15, -0.1) is 0 Å². The number of hydrogen-bond donors (Lipinski definition) is 2. The molecule has 0 unspecified atom stereocenters. The molecule has 0 saturated heterocycles. The van der Waals surface area contributed by atoms with Crippen molar-refractivity contribution >= 4 is 24.3 Å². The normalized spacial score (nSPS) is 9.75. The quantitative estimate of drug-likeness (QED) is 0.0386. The molecule has 0 aromatic rings. The van der Waals surface area contributed by atoms with E-state index in [1.165, 1.54) is 116 Å². The van der Waals surface area contributed by atoms with Crippen LogP contribution >= 0.6 is 0 Å². The maximum Gasteiger partial charge on any atom is 0.305 e. The highest BCUT2D eigenvalue weighted by Crippen LogP contribution is 2.13. The van der Waals surface area contributed by atoms with Crippen LogP contribution in [0.2, 0.25) is 0 Å². The number of aliphatic hydroxyl groups is 1. The van der Waals surface area contributed by atoms with E-state index < -0.39 is 0 Å². The van der Waals surface area contributed by atoms with Crippen LogP contribution in [0.4, 0.5) is 0 Å². The monoisotopic (exact) mass is 761 g/mol. The van der Waals surface area contributed by atoms with Gasteiger partial charge >= 0.3 is 11.9 Å². The van der Waals surface area contributed by atoms with E-state index in [0.29, 0.717) is 32.4 Å². The van der Waals surface area contributed by atoms with E-state index in [-0.39, 0.29) is 44.1 Å². The molecule has 0 aliphatic rings. The molecule has 0 spiro atoms. The summed E-state index contributed by atoms with van der Waals surface area (Å²) < 4.78 is 10.9. The zero-order valence-electron chi connectivity index (χ0n) is 36.6. The van der Waals surface area contributed by atoms with Gasteiger partial charge in [0.2, 0.25) is 12.3 Å². The van der Waals surface area contributed by atoms with E-state index in [0.717, 1.165) is 38.5 Å². The predicted molar refractivity (Wildman–Crippen MR) is 226 cm³/mol. The van der Waals surface area contributed by atoms with Crippen LogP contribution in [0, 0.1) is 0 Å². The molecule has 0 aliphatic heterocycles. The number of carbonyl (C=O) groups is 4. The predicted octanol–water partition coefficient (Wildman–Crippen LogP) is 11.6. The maximum atomic E-state index is 12.7. The van der Waals surface area contributed by atoms with E-state index in [2.05, 4.69) is 26.5 Å². The Morgan fingerprint density at radius 1 is 0.491 bits per heavy atom. The number of aliphatic hydroxyl groups excluding tert-OH is 1. The first-order chi connectivity index (χ1) is 25.9. The molecule has 3 N–H and O–H groups in total. The Morgan fingerprint density at radius 3 is 1.00 bits per heavy atom. The Hall–Kier alpha value is -2.16. The minimum absolute atomic E-state index is 0.0321. The molecule has 9 heteroatoms. The van der Waals surface area contributed by atoms with Crippen molar-refractivity contribution in [2.24, 2.45) is 5.73 Å². The molecule has 0 rings (SSSR count). The first-order valence-corrected chi connectivity index (χ1v) is 22.2. The highest BCUT2D eigenvalue weighted by molar-refractivity contribution is 5.76. The van der Waals surface area contributed by atoms with Gasteiger partial charge in [-0.2, -0.15) is 0 Å². The number of hydrogen-bond acceptors (Lipinski definition) is 7. The van der Waals surface area contributed by atoms with Crippen LogP contribution in [-0.2, 0) is 28.7 Å². The van der Waals surface area contributed by atoms with Crippen LogP contribution in [0.25, 0.3) is 0 Å². The lowest BCUT2D eigenvalue weighted by atomic mass is 10.1. The van der Waals surface area contributed by atoms with E-state index in [1.807, 2.05) is 27.7 Å². The third-order valence-corrected chi connectivity index (χ3v) is 8.31. The lowest BCUT2D eigenvalue weighted by Gasteiger charge is -2.22. The van der Waals surface area contributed by atoms with Gasteiger partial charge in [0.1, 0.15) is 13.2 Å². The lowest BCUT2D eigenvalue weighted by molar-refractivity contribution is -0.147. The number of amides is 2. The van der Waals surface area contributed by atoms with Gasteiger partial charge in [0.05, 0.1) is 13.1 Å². The molecule has 0 atom stereocenters. The molecular weight excluding hydrogens is 668 g/mol. The van der Waals surface area contributed by atoms with Crippen LogP contribution in [0.1, 0.15) is 229 Å².